The van der Waals surface area contributed by atoms with Crippen molar-refractivity contribution in [3.63, 3.8) is 0 Å². The molecule has 1 aliphatic carbocycles. The average Bonchev–Trinajstić information content (AvgIpc) is 2.88. The summed E-state index contributed by atoms with van der Waals surface area (Å²) in [4.78, 5) is 25.6. The zero-order chi connectivity index (χ0) is 14.7. The molecule has 2 unspecified atom stereocenters. The number of carbonyl (C=O) groups is 2. The number of nitrogens with two attached hydrogens (primary N) is 1. The Labute approximate surface area is 116 Å². The van der Waals surface area contributed by atoms with Gasteiger partial charge in [0.1, 0.15) is 5.82 Å². The summed E-state index contributed by atoms with van der Waals surface area (Å²) in [5, 5.41) is 0. The largest absolute Gasteiger partial charge is 0.326 e. The van der Waals surface area contributed by atoms with E-state index >= 15 is 0 Å². The molecule has 1 aliphatic heterocycles. The van der Waals surface area contributed by atoms with Crippen LogP contribution in [0.15, 0.2) is 18.2 Å². The summed E-state index contributed by atoms with van der Waals surface area (Å²) < 4.78 is 14.1. The molecule has 20 heavy (non-hydrogen) atoms. The van der Waals surface area contributed by atoms with Crippen molar-refractivity contribution in [1.82, 2.24) is 4.90 Å². The molecule has 1 saturated heterocycles. The van der Waals surface area contributed by atoms with Crippen LogP contribution < -0.4 is 5.73 Å². The van der Waals surface area contributed by atoms with Crippen LogP contribution in [-0.4, -0.2) is 16.7 Å². The third-order valence-electron chi connectivity index (χ3n) is 4.60. The molecule has 2 N–H and O–H groups in total. The predicted molar refractivity (Wildman–Crippen MR) is 70.6 cm³/mol. The van der Waals surface area contributed by atoms with E-state index in [0.717, 1.165) is 0 Å². The molecule has 2 aliphatic rings. The Morgan fingerprint density at radius 2 is 1.75 bits per heavy atom. The summed E-state index contributed by atoms with van der Waals surface area (Å²) in [6, 6.07) is 4.88. The van der Waals surface area contributed by atoms with Crippen LogP contribution in [-0.2, 0) is 22.7 Å². The van der Waals surface area contributed by atoms with Crippen molar-refractivity contribution in [2.75, 3.05) is 0 Å². The third kappa shape index (κ3) is 1.62. The second-order valence-electron chi connectivity index (χ2n) is 6.13. The van der Waals surface area contributed by atoms with E-state index < -0.39 is 5.82 Å². The molecule has 0 aromatic heterocycles. The smallest absolute Gasteiger partial charge is 0.233 e. The van der Waals surface area contributed by atoms with E-state index in [0.29, 0.717) is 11.1 Å². The van der Waals surface area contributed by atoms with Crippen LogP contribution in [0.4, 0.5) is 4.39 Å². The van der Waals surface area contributed by atoms with Gasteiger partial charge in [-0.05, 0) is 5.41 Å². The Balaban J connectivity index is 1.84. The minimum atomic E-state index is -0.421. The zero-order valence-electron chi connectivity index (χ0n) is 11.5. The first kappa shape index (κ1) is 13.2. The van der Waals surface area contributed by atoms with Gasteiger partial charge in [0, 0.05) is 17.7 Å². The number of carbonyl (C=O) groups excluding carboxylic acids is 2. The number of halogens is 1. The van der Waals surface area contributed by atoms with E-state index in [1.165, 1.54) is 4.90 Å². The molecule has 1 heterocycles. The van der Waals surface area contributed by atoms with Crippen LogP contribution in [0.25, 0.3) is 0 Å². The summed E-state index contributed by atoms with van der Waals surface area (Å²) in [7, 11) is 0. The van der Waals surface area contributed by atoms with Gasteiger partial charge in [-0.25, -0.2) is 4.39 Å². The van der Waals surface area contributed by atoms with Gasteiger partial charge < -0.3 is 5.73 Å². The molecule has 0 radical (unpaired) electrons. The maximum Gasteiger partial charge on any atom is 0.233 e. The molecule has 0 bridgehead atoms. The minimum absolute atomic E-state index is 0.000417. The van der Waals surface area contributed by atoms with E-state index in [9.17, 15) is 14.0 Å². The highest BCUT2D eigenvalue weighted by atomic mass is 19.1. The number of piperidine rings is 1. The van der Waals surface area contributed by atoms with Gasteiger partial charge in [0.25, 0.3) is 0 Å². The zero-order valence-corrected chi connectivity index (χ0v) is 11.5. The van der Waals surface area contributed by atoms with Crippen LogP contribution in [0.2, 0.25) is 0 Å². The molecule has 1 aromatic carbocycles. The Morgan fingerprint density at radius 3 is 2.30 bits per heavy atom. The molecule has 1 aromatic rings. The molecule has 2 atom stereocenters. The number of benzene rings is 1. The van der Waals surface area contributed by atoms with E-state index in [4.69, 9.17) is 5.73 Å². The Kier molecular flexibility index (Phi) is 2.73. The summed E-state index contributed by atoms with van der Waals surface area (Å²) >= 11 is 0. The molecule has 3 rings (SSSR count). The van der Waals surface area contributed by atoms with Gasteiger partial charge in [-0.3, -0.25) is 14.5 Å². The Morgan fingerprint density at radius 1 is 1.20 bits per heavy atom. The average molecular weight is 276 g/mol. The number of likely N-dealkylation sites (tertiary alicyclic amines) is 1. The van der Waals surface area contributed by atoms with E-state index in [2.05, 4.69) is 0 Å². The van der Waals surface area contributed by atoms with Gasteiger partial charge in [-0.1, -0.05) is 32.0 Å². The highest BCUT2D eigenvalue weighted by Gasteiger charge is 2.72. The second kappa shape index (κ2) is 4.12. The first-order valence-electron chi connectivity index (χ1n) is 6.71. The normalized spacial score (nSPS) is 26.9. The number of nitrogens with zero attached hydrogens (tertiary/aromatic N) is 1. The molecule has 0 spiro atoms. The first-order valence-corrected chi connectivity index (χ1v) is 6.71. The third-order valence-corrected chi connectivity index (χ3v) is 4.60. The van der Waals surface area contributed by atoms with Gasteiger partial charge in [0.05, 0.1) is 18.4 Å². The van der Waals surface area contributed by atoms with Gasteiger partial charge in [-0.15, -0.1) is 0 Å². The highest BCUT2D eigenvalue weighted by Crippen LogP contribution is 2.63. The molecule has 5 heteroatoms. The summed E-state index contributed by atoms with van der Waals surface area (Å²) in [6.45, 7) is 3.94. The molecule has 1 saturated carbocycles. The van der Waals surface area contributed by atoms with Crippen molar-refractivity contribution >= 4 is 11.8 Å². The summed E-state index contributed by atoms with van der Waals surface area (Å²) in [5.74, 6) is -1.23. The molecule has 2 fully saturated rings. The number of fused-ring (bicyclic) bond motifs is 1. The maximum atomic E-state index is 14.1. The van der Waals surface area contributed by atoms with Crippen LogP contribution in [0.1, 0.15) is 25.0 Å². The van der Waals surface area contributed by atoms with Gasteiger partial charge in [0.2, 0.25) is 11.8 Å². The predicted octanol–water partition coefficient (Wildman–Crippen LogP) is 1.43. The summed E-state index contributed by atoms with van der Waals surface area (Å²) in [5.41, 5.74) is 5.96. The monoisotopic (exact) mass is 276 g/mol. The quantitative estimate of drug-likeness (QED) is 0.849. The number of rotatable bonds is 3. The SMILES string of the molecule is CC1(C)C2C(=O)N(Cc3cccc(CN)c3F)C(=O)C21. The van der Waals surface area contributed by atoms with Crippen molar-refractivity contribution < 1.29 is 14.0 Å². The van der Waals surface area contributed by atoms with Crippen molar-refractivity contribution in [2.24, 2.45) is 23.0 Å². The number of amides is 2. The van der Waals surface area contributed by atoms with E-state index in [1.54, 1.807) is 18.2 Å². The lowest BCUT2D eigenvalue weighted by Gasteiger charge is -2.21. The molecule has 106 valence electrons. The minimum Gasteiger partial charge on any atom is -0.326 e. The van der Waals surface area contributed by atoms with Crippen molar-refractivity contribution in [1.29, 1.82) is 0 Å². The van der Waals surface area contributed by atoms with Gasteiger partial charge >= 0.3 is 0 Å². The van der Waals surface area contributed by atoms with Crippen LogP contribution in [0.3, 0.4) is 0 Å². The maximum absolute atomic E-state index is 14.1. The standard InChI is InChI=1S/C15H17FN2O2/c1-15(2)10-11(15)14(20)18(13(10)19)7-9-5-3-4-8(6-17)12(9)16/h3-5,10-11H,6-7,17H2,1-2H3. The van der Waals surface area contributed by atoms with Crippen molar-refractivity contribution in [3.05, 3.63) is 35.1 Å². The second-order valence-corrected chi connectivity index (χ2v) is 6.13. The number of hydrogen-bond acceptors (Lipinski definition) is 3. The Bertz CT molecular complexity index is 588. The highest BCUT2D eigenvalue weighted by molar-refractivity contribution is 6.10. The molecule has 4 nitrogen and oxygen atoms in total. The number of imide groups is 1. The van der Waals surface area contributed by atoms with Gasteiger partial charge in [0.15, 0.2) is 0 Å². The molecular weight excluding hydrogens is 259 g/mol. The van der Waals surface area contributed by atoms with E-state index in [-0.39, 0.29) is 42.2 Å². The van der Waals surface area contributed by atoms with E-state index in [1.807, 2.05) is 13.8 Å². The number of hydrogen-bond donors (Lipinski definition) is 1. The fourth-order valence-electron chi connectivity index (χ4n) is 3.24. The summed E-state index contributed by atoms with van der Waals surface area (Å²) in [6.07, 6.45) is 0. The van der Waals surface area contributed by atoms with Gasteiger partial charge in [-0.2, -0.15) is 0 Å². The van der Waals surface area contributed by atoms with Crippen LogP contribution in [0.5, 0.6) is 0 Å². The lowest BCUT2D eigenvalue weighted by Crippen LogP contribution is -2.36. The fourth-order valence-corrected chi connectivity index (χ4v) is 3.24. The molecular formula is C15H17FN2O2. The lowest BCUT2D eigenvalue weighted by molar-refractivity contribution is -0.143. The van der Waals surface area contributed by atoms with Crippen molar-refractivity contribution in [2.45, 2.75) is 26.9 Å². The van der Waals surface area contributed by atoms with Crippen LogP contribution >= 0.6 is 0 Å². The topological polar surface area (TPSA) is 63.4 Å². The van der Waals surface area contributed by atoms with Crippen molar-refractivity contribution in [3.8, 4) is 0 Å². The lowest BCUT2D eigenvalue weighted by atomic mass is 10.0. The fraction of sp³-hybridized carbons (Fsp3) is 0.467. The Hall–Kier alpha value is -1.75. The first-order chi connectivity index (χ1) is 9.39. The van der Waals surface area contributed by atoms with Crippen LogP contribution in [0, 0.1) is 23.1 Å². The molecule has 2 amide bonds.